The monoisotopic (exact) mass is 309 g/mol. The summed E-state index contributed by atoms with van der Waals surface area (Å²) >= 11 is 0. The van der Waals surface area contributed by atoms with Crippen LogP contribution in [0.5, 0.6) is 0 Å². The molecule has 2 rings (SSSR count). The molecule has 0 aromatic heterocycles. The maximum absolute atomic E-state index is 13.6. The molecule has 0 aromatic carbocycles. The molecule has 0 aromatic rings. The number of allylic oxidation sites excluding steroid dienone is 3. The maximum Gasteiger partial charge on any atom is 0.246 e. The first-order valence-corrected chi connectivity index (χ1v) is 7.45. The highest BCUT2D eigenvalue weighted by Crippen LogP contribution is 2.25. The molecule has 6 heteroatoms. The van der Waals surface area contributed by atoms with Crippen molar-refractivity contribution in [2.45, 2.75) is 32.2 Å². The Hall–Kier alpha value is -1.82. The van der Waals surface area contributed by atoms with Crippen LogP contribution in [0.15, 0.2) is 41.1 Å². The van der Waals surface area contributed by atoms with Crippen molar-refractivity contribution in [1.29, 1.82) is 0 Å². The zero-order chi connectivity index (χ0) is 16.1. The van der Waals surface area contributed by atoms with Gasteiger partial charge in [0, 0.05) is 24.6 Å². The van der Waals surface area contributed by atoms with Crippen LogP contribution in [0, 0.1) is 5.92 Å². The summed E-state index contributed by atoms with van der Waals surface area (Å²) in [6.07, 6.45) is 5.63. The summed E-state index contributed by atoms with van der Waals surface area (Å²) in [6, 6.07) is -0.388. The van der Waals surface area contributed by atoms with Gasteiger partial charge in [0.15, 0.2) is 0 Å². The number of carbonyl (C=O) groups is 1. The van der Waals surface area contributed by atoms with E-state index in [2.05, 4.69) is 17.0 Å². The van der Waals surface area contributed by atoms with Crippen LogP contribution in [0.25, 0.3) is 0 Å². The summed E-state index contributed by atoms with van der Waals surface area (Å²) in [5.74, 6) is -1.45. The van der Waals surface area contributed by atoms with Crippen LogP contribution in [-0.2, 0) is 4.79 Å². The highest BCUT2D eigenvalue weighted by molar-refractivity contribution is 5.82. The Morgan fingerprint density at radius 3 is 2.68 bits per heavy atom. The number of rotatable bonds is 4. The number of amides is 1. The van der Waals surface area contributed by atoms with Crippen molar-refractivity contribution in [2.75, 3.05) is 13.1 Å². The molecule has 0 radical (unpaired) electrons. The van der Waals surface area contributed by atoms with Gasteiger partial charge in [-0.25, -0.2) is 13.8 Å². The molecule has 0 spiro atoms. The fourth-order valence-corrected chi connectivity index (χ4v) is 2.70. The summed E-state index contributed by atoms with van der Waals surface area (Å²) in [5.41, 5.74) is 0.412. The van der Waals surface area contributed by atoms with E-state index in [9.17, 15) is 13.6 Å². The number of hydrogen-bond donors (Lipinski definition) is 1. The molecule has 120 valence electrons. The number of hydrogen-bond acceptors (Lipinski definition) is 3. The van der Waals surface area contributed by atoms with Crippen LogP contribution < -0.4 is 5.32 Å². The summed E-state index contributed by atoms with van der Waals surface area (Å²) in [6.45, 7) is 6.60. The molecule has 0 saturated carbocycles. The number of hydrazone groups is 1. The Morgan fingerprint density at radius 2 is 2.05 bits per heavy atom. The molecule has 1 fully saturated rings. The lowest BCUT2D eigenvalue weighted by Crippen LogP contribution is -2.41. The van der Waals surface area contributed by atoms with Gasteiger partial charge in [-0.05, 0) is 44.5 Å². The van der Waals surface area contributed by atoms with Crippen molar-refractivity contribution in [3.05, 3.63) is 36.0 Å². The molecule has 1 amide bonds. The van der Waals surface area contributed by atoms with Crippen molar-refractivity contribution in [1.82, 2.24) is 10.3 Å². The van der Waals surface area contributed by atoms with Gasteiger partial charge >= 0.3 is 0 Å². The second-order valence-corrected chi connectivity index (χ2v) is 5.59. The van der Waals surface area contributed by atoms with E-state index in [1.807, 2.05) is 0 Å². The molecule has 1 N–H and O–H groups in total. The number of nitrogens with zero attached hydrogens (tertiary/aromatic N) is 2. The molecule has 1 atom stereocenters. The molecule has 22 heavy (non-hydrogen) atoms. The van der Waals surface area contributed by atoms with Crippen LogP contribution in [0.1, 0.15) is 26.2 Å². The Kier molecular flexibility index (Phi) is 5.60. The molecular weight excluding hydrogens is 288 g/mol. The minimum Gasteiger partial charge on any atom is -0.317 e. The van der Waals surface area contributed by atoms with Crippen LogP contribution in [0.3, 0.4) is 0 Å². The highest BCUT2D eigenvalue weighted by Gasteiger charge is 2.33. The fourth-order valence-electron chi connectivity index (χ4n) is 2.70. The van der Waals surface area contributed by atoms with Crippen LogP contribution in [-0.4, -0.2) is 36.3 Å². The molecule has 0 aliphatic carbocycles. The average Bonchev–Trinajstić information content (AvgIpc) is 2.96. The molecule has 2 aliphatic rings. The van der Waals surface area contributed by atoms with Gasteiger partial charge in [-0.3, -0.25) is 4.79 Å². The lowest BCUT2D eigenvalue weighted by atomic mass is 9.95. The first-order valence-electron chi connectivity index (χ1n) is 7.45. The van der Waals surface area contributed by atoms with Gasteiger partial charge in [0.1, 0.15) is 5.83 Å². The zero-order valence-electron chi connectivity index (χ0n) is 12.7. The molecule has 1 saturated heterocycles. The number of carbonyl (C=O) groups excluding carboxylic acids is 1. The van der Waals surface area contributed by atoms with Gasteiger partial charge < -0.3 is 5.32 Å². The Morgan fingerprint density at radius 1 is 1.36 bits per heavy atom. The predicted octanol–water partition coefficient (Wildman–Crippen LogP) is 2.86. The van der Waals surface area contributed by atoms with Crippen molar-refractivity contribution in [2.24, 2.45) is 11.0 Å². The largest absolute Gasteiger partial charge is 0.317 e. The van der Waals surface area contributed by atoms with Gasteiger partial charge in [-0.2, -0.15) is 5.10 Å². The maximum atomic E-state index is 13.6. The second-order valence-electron chi connectivity index (χ2n) is 5.59. The number of halogens is 2. The van der Waals surface area contributed by atoms with Crippen molar-refractivity contribution in [3.63, 3.8) is 0 Å². The lowest BCUT2D eigenvalue weighted by Gasteiger charge is -2.29. The minimum atomic E-state index is -0.717. The van der Waals surface area contributed by atoms with Crippen molar-refractivity contribution in [3.8, 4) is 0 Å². The third kappa shape index (κ3) is 4.10. The summed E-state index contributed by atoms with van der Waals surface area (Å²) in [5, 5.41) is 8.73. The lowest BCUT2D eigenvalue weighted by molar-refractivity contribution is -0.137. The summed E-state index contributed by atoms with van der Waals surface area (Å²) in [7, 11) is 0. The number of piperidine rings is 1. The van der Waals surface area contributed by atoms with Gasteiger partial charge in [0.05, 0.1) is 11.9 Å². The van der Waals surface area contributed by atoms with Gasteiger partial charge in [0.2, 0.25) is 5.91 Å². The Labute approximate surface area is 129 Å². The number of nitrogens with one attached hydrogen (secondary N) is 1. The molecule has 0 bridgehead atoms. The summed E-state index contributed by atoms with van der Waals surface area (Å²) in [4.78, 5) is 12.5. The van der Waals surface area contributed by atoms with E-state index < -0.39 is 11.7 Å². The van der Waals surface area contributed by atoms with E-state index in [1.54, 1.807) is 6.21 Å². The van der Waals surface area contributed by atoms with Crippen LogP contribution in [0.4, 0.5) is 8.78 Å². The topological polar surface area (TPSA) is 44.7 Å². The Balaban J connectivity index is 2.06. The van der Waals surface area contributed by atoms with E-state index in [-0.39, 0.29) is 17.9 Å². The standard InChI is InChI=1S/C16H21F2N3O/c1-11(9-14(18)10-12(2)17)15-5-8-20-21(15)16(22)13-3-6-19-7-4-13/h8-10,13,15,19H,1,3-7H2,2H3/b12-10+,14-9+/t15-/m0/s1. The molecule has 2 heterocycles. The quantitative estimate of drug-likeness (QED) is 0.812. The van der Waals surface area contributed by atoms with Gasteiger partial charge in [0.25, 0.3) is 0 Å². The van der Waals surface area contributed by atoms with Crippen LogP contribution in [0.2, 0.25) is 0 Å². The third-order valence-corrected chi connectivity index (χ3v) is 3.83. The Bertz CT molecular complexity index is 530. The third-order valence-electron chi connectivity index (χ3n) is 3.83. The van der Waals surface area contributed by atoms with E-state index in [0.717, 1.165) is 38.1 Å². The smallest absolute Gasteiger partial charge is 0.246 e. The van der Waals surface area contributed by atoms with E-state index in [0.29, 0.717) is 12.0 Å². The average molecular weight is 309 g/mol. The normalized spacial score (nSPS) is 24.0. The van der Waals surface area contributed by atoms with E-state index in [4.69, 9.17) is 0 Å². The molecule has 2 aliphatic heterocycles. The van der Waals surface area contributed by atoms with Crippen molar-refractivity contribution < 1.29 is 13.6 Å². The predicted molar refractivity (Wildman–Crippen MR) is 82.5 cm³/mol. The molecular formula is C16H21F2N3O. The van der Waals surface area contributed by atoms with Gasteiger partial charge in [-0.1, -0.05) is 6.58 Å². The van der Waals surface area contributed by atoms with Gasteiger partial charge in [-0.15, -0.1) is 0 Å². The van der Waals surface area contributed by atoms with E-state index >= 15 is 0 Å². The van der Waals surface area contributed by atoms with Crippen molar-refractivity contribution >= 4 is 12.1 Å². The highest BCUT2D eigenvalue weighted by atomic mass is 19.1. The SMILES string of the molecule is C=C(/C=C(F)\C=C(/C)F)[C@@H]1CC=NN1C(=O)C1CCNCC1. The second kappa shape index (κ2) is 7.45. The first-order chi connectivity index (χ1) is 10.5. The zero-order valence-corrected chi connectivity index (χ0v) is 12.7. The first kappa shape index (κ1) is 16.5. The van der Waals surface area contributed by atoms with E-state index in [1.165, 1.54) is 11.9 Å². The van der Waals surface area contributed by atoms with Crippen LogP contribution >= 0.6 is 0 Å². The fraction of sp³-hybridized carbons (Fsp3) is 0.500. The molecule has 0 unspecified atom stereocenters. The summed E-state index contributed by atoms with van der Waals surface area (Å²) < 4.78 is 26.3. The molecule has 4 nitrogen and oxygen atoms in total. The minimum absolute atomic E-state index is 0.0487.